The average molecular weight is 401 g/mol. The first-order valence-corrected chi connectivity index (χ1v) is 8.60. The lowest BCUT2D eigenvalue weighted by molar-refractivity contribution is 0.112. The standard InChI is InChI=1S/C19H14Cl2N4O2/c1-23-9-15-17(22)24-18(11-2-4-13(20)5-3-11)25-19(15)27-14-6-7-16(21)12(8-14)10-26/h2-10,22-23H,1H3/b15-9+,22-17?. The van der Waals surface area contributed by atoms with Gasteiger partial charge in [0.05, 0.1) is 10.6 Å². The summed E-state index contributed by atoms with van der Waals surface area (Å²) >= 11 is 11.9. The summed E-state index contributed by atoms with van der Waals surface area (Å²) in [5, 5.41) is 12.0. The number of halogens is 2. The lowest BCUT2D eigenvalue weighted by atomic mass is 10.1. The van der Waals surface area contributed by atoms with Gasteiger partial charge in [0.15, 0.2) is 18.0 Å². The number of hydrogen-bond donors (Lipinski definition) is 2. The van der Waals surface area contributed by atoms with Gasteiger partial charge in [-0.05, 0) is 42.5 Å². The van der Waals surface area contributed by atoms with Gasteiger partial charge in [-0.15, -0.1) is 0 Å². The van der Waals surface area contributed by atoms with Gasteiger partial charge < -0.3 is 10.1 Å². The summed E-state index contributed by atoms with van der Waals surface area (Å²) in [4.78, 5) is 19.8. The van der Waals surface area contributed by atoms with E-state index >= 15 is 0 Å². The van der Waals surface area contributed by atoms with E-state index in [0.29, 0.717) is 44.6 Å². The molecule has 0 aromatic heterocycles. The van der Waals surface area contributed by atoms with Crippen LogP contribution in [0.5, 0.6) is 5.75 Å². The molecule has 0 atom stereocenters. The monoisotopic (exact) mass is 400 g/mol. The van der Waals surface area contributed by atoms with E-state index in [1.807, 2.05) is 0 Å². The average Bonchev–Trinajstić information content (AvgIpc) is 2.66. The Kier molecular flexibility index (Phi) is 5.69. The number of carbonyl (C=O) groups excluding carboxylic acids is 1. The normalized spacial score (nSPS) is 15.2. The third kappa shape index (κ3) is 4.24. The van der Waals surface area contributed by atoms with Crippen LogP contribution in [0, 0.1) is 5.41 Å². The summed E-state index contributed by atoms with van der Waals surface area (Å²) in [5.41, 5.74) is 1.36. The molecular weight excluding hydrogens is 387 g/mol. The van der Waals surface area contributed by atoms with E-state index in [9.17, 15) is 4.79 Å². The Bertz CT molecular complexity index is 995. The molecule has 1 heterocycles. The molecule has 0 saturated carbocycles. The zero-order valence-electron chi connectivity index (χ0n) is 14.2. The van der Waals surface area contributed by atoms with Gasteiger partial charge in [0.1, 0.15) is 5.75 Å². The largest absolute Gasteiger partial charge is 0.438 e. The molecule has 0 radical (unpaired) electrons. The van der Waals surface area contributed by atoms with Crippen molar-refractivity contribution in [3.05, 3.63) is 75.4 Å². The van der Waals surface area contributed by atoms with E-state index in [2.05, 4.69) is 15.3 Å². The molecule has 0 fully saturated rings. The first-order valence-electron chi connectivity index (χ1n) is 7.84. The summed E-state index contributed by atoms with van der Waals surface area (Å²) in [6, 6.07) is 11.6. The van der Waals surface area contributed by atoms with Crippen LogP contribution in [0.4, 0.5) is 0 Å². The lowest BCUT2D eigenvalue weighted by Gasteiger charge is -2.17. The SMILES string of the molecule is CN/C=C1\C(=N)N=C(c2ccc(Cl)cc2)N=C1Oc1ccc(Cl)c(C=O)c1. The Morgan fingerprint density at radius 3 is 2.52 bits per heavy atom. The number of amidine groups is 2. The number of rotatable bonds is 4. The molecule has 0 aliphatic carbocycles. The van der Waals surface area contributed by atoms with Crippen molar-refractivity contribution < 1.29 is 9.53 Å². The maximum atomic E-state index is 11.1. The van der Waals surface area contributed by atoms with Gasteiger partial charge >= 0.3 is 0 Å². The minimum absolute atomic E-state index is 0.0103. The van der Waals surface area contributed by atoms with Crippen molar-refractivity contribution in [2.75, 3.05) is 7.05 Å². The predicted octanol–water partition coefficient (Wildman–Crippen LogP) is 4.12. The van der Waals surface area contributed by atoms with E-state index in [0.717, 1.165) is 0 Å². The Morgan fingerprint density at radius 1 is 1.11 bits per heavy atom. The highest BCUT2D eigenvalue weighted by Crippen LogP contribution is 2.23. The van der Waals surface area contributed by atoms with E-state index in [1.54, 1.807) is 49.6 Å². The second-order valence-electron chi connectivity index (χ2n) is 5.46. The molecule has 6 nitrogen and oxygen atoms in total. The molecular formula is C19H14Cl2N4O2. The van der Waals surface area contributed by atoms with E-state index in [-0.39, 0.29) is 11.7 Å². The molecule has 27 heavy (non-hydrogen) atoms. The van der Waals surface area contributed by atoms with Gasteiger partial charge in [-0.3, -0.25) is 10.2 Å². The van der Waals surface area contributed by atoms with Crippen LogP contribution < -0.4 is 10.1 Å². The minimum Gasteiger partial charge on any atom is -0.438 e. The third-order valence-corrected chi connectivity index (χ3v) is 4.21. The third-order valence-electron chi connectivity index (χ3n) is 3.61. The van der Waals surface area contributed by atoms with E-state index in [1.165, 1.54) is 6.07 Å². The number of ether oxygens (including phenoxy) is 1. The number of hydrogen-bond acceptors (Lipinski definition) is 5. The summed E-state index contributed by atoms with van der Waals surface area (Å²) in [6.07, 6.45) is 2.21. The van der Waals surface area contributed by atoms with Gasteiger partial charge in [0, 0.05) is 29.4 Å². The van der Waals surface area contributed by atoms with E-state index in [4.69, 9.17) is 33.3 Å². The summed E-state index contributed by atoms with van der Waals surface area (Å²) in [5.74, 6) is 0.856. The second kappa shape index (κ2) is 8.16. The van der Waals surface area contributed by atoms with Gasteiger partial charge in [-0.2, -0.15) is 4.99 Å². The fourth-order valence-corrected chi connectivity index (χ4v) is 2.60. The fourth-order valence-electron chi connectivity index (χ4n) is 2.32. The first kappa shape index (κ1) is 18.8. The van der Waals surface area contributed by atoms with Crippen molar-refractivity contribution in [3.63, 3.8) is 0 Å². The zero-order chi connectivity index (χ0) is 19.4. The smallest absolute Gasteiger partial charge is 0.233 e. The second-order valence-corrected chi connectivity index (χ2v) is 6.30. The van der Waals surface area contributed by atoms with Crippen molar-refractivity contribution in [3.8, 4) is 5.75 Å². The molecule has 8 heteroatoms. The van der Waals surface area contributed by atoms with Crippen molar-refractivity contribution in [2.24, 2.45) is 9.98 Å². The summed E-state index contributed by atoms with van der Waals surface area (Å²) in [6.45, 7) is 0. The molecule has 3 rings (SSSR count). The summed E-state index contributed by atoms with van der Waals surface area (Å²) in [7, 11) is 1.70. The molecule has 2 aromatic rings. The van der Waals surface area contributed by atoms with Crippen LogP contribution in [0.2, 0.25) is 10.0 Å². The van der Waals surface area contributed by atoms with Gasteiger partial charge in [-0.25, -0.2) is 4.99 Å². The number of carbonyl (C=O) groups is 1. The quantitative estimate of drug-likeness (QED) is 0.756. The van der Waals surface area contributed by atoms with Gasteiger partial charge in [0.2, 0.25) is 5.90 Å². The molecule has 0 bridgehead atoms. The maximum absolute atomic E-state index is 11.1. The van der Waals surface area contributed by atoms with Crippen LogP contribution in [0.15, 0.2) is 64.2 Å². The number of aliphatic imine (C=N–C) groups is 2. The molecule has 2 aromatic carbocycles. The molecule has 2 N–H and O–H groups in total. The van der Waals surface area contributed by atoms with Gasteiger partial charge in [0.25, 0.3) is 0 Å². The van der Waals surface area contributed by atoms with Crippen LogP contribution in [-0.4, -0.2) is 30.9 Å². The van der Waals surface area contributed by atoms with E-state index < -0.39 is 0 Å². The zero-order valence-corrected chi connectivity index (χ0v) is 15.7. The molecule has 0 unspecified atom stereocenters. The molecule has 0 amide bonds. The number of nitrogens with zero attached hydrogens (tertiary/aromatic N) is 2. The highest BCUT2D eigenvalue weighted by Gasteiger charge is 2.22. The van der Waals surface area contributed by atoms with Gasteiger partial charge in [-0.1, -0.05) is 23.2 Å². The van der Waals surface area contributed by atoms with Crippen LogP contribution >= 0.6 is 23.2 Å². The Balaban J connectivity index is 2.01. The predicted molar refractivity (Wildman–Crippen MR) is 108 cm³/mol. The highest BCUT2D eigenvalue weighted by atomic mass is 35.5. The lowest BCUT2D eigenvalue weighted by Crippen LogP contribution is -2.26. The summed E-state index contributed by atoms with van der Waals surface area (Å²) < 4.78 is 5.84. The highest BCUT2D eigenvalue weighted by molar-refractivity contribution is 6.33. The molecule has 0 spiro atoms. The van der Waals surface area contributed by atoms with Crippen molar-refractivity contribution in [1.82, 2.24) is 5.32 Å². The number of benzene rings is 2. The van der Waals surface area contributed by atoms with Crippen molar-refractivity contribution >= 4 is 47.1 Å². The maximum Gasteiger partial charge on any atom is 0.233 e. The van der Waals surface area contributed by atoms with Crippen molar-refractivity contribution in [2.45, 2.75) is 0 Å². The number of aldehydes is 1. The Morgan fingerprint density at radius 2 is 1.85 bits per heavy atom. The van der Waals surface area contributed by atoms with Crippen LogP contribution in [0.1, 0.15) is 15.9 Å². The Labute approximate surface area is 165 Å². The van der Waals surface area contributed by atoms with Crippen LogP contribution in [0.3, 0.4) is 0 Å². The minimum atomic E-state index is -0.0103. The topological polar surface area (TPSA) is 86.9 Å². The molecule has 136 valence electrons. The molecule has 0 saturated heterocycles. The Hall–Kier alpha value is -2.96. The van der Waals surface area contributed by atoms with Crippen LogP contribution in [0.25, 0.3) is 0 Å². The number of nitrogens with one attached hydrogen (secondary N) is 2. The first-order chi connectivity index (χ1) is 13.0. The molecule has 1 aliphatic heterocycles. The molecule has 1 aliphatic rings. The van der Waals surface area contributed by atoms with Crippen molar-refractivity contribution in [1.29, 1.82) is 5.41 Å². The fraction of sp³-hybridized carbons (Fsp3) is 0.0526. The van der Waals surface area contributed by atoms with Crippen LogP contribution in [-0.2, 0) is 0 Å².